The molecule has 292 valence electrons. The quantitative estimate of drug-likeness (QED) is 0.163. The average Bonchev–Trinajstić information content (AvgIpc) is 4.03. The topological polar surface area (TPSA) is 3.24 Å². The molecule has 0 radical (unpaired) electrons. The van der Waals surface area contributed by atoms with Crippen LogP contribution in [-0.2, 0) is 16.2 Å². The van der Waals surface area contributed by atoms with Gasteiger partial charge in [-0.3, -0.25) is 0 Å². The fraction of sp³-hybridized carbons (Fsp3) is 0.220. The summed E-state index contributed by atoms with van der Waals surface area (Å²) in [6.07, 6.45) is 6.82. The van der Waals surface area contributed by atoms with E-state index in [0.29, 0.717) is 5.41 Å². The third-order valence-corrected chi connectivity index (χ3v) is 15.5. The first-order valence-corrected chi connectivity index (χ1v) is 22.2. The van der Waals surface area contributed by atoms with Gasteiger partial charge in [0.2, 0.25) is 0 Å². The highest BCUT2D eigenvalue weighted by atomic mass is 15.1. The Morgan fingerprint density at radius 3 is 1.83 bits per heavy atom. The Morgan fingerprint density at radius 2 is 1.05 bits per heavy atom. The minimum absolute atomic E-state index is 0.0777. The van der Waals surface area contributed by atoms with Crippen molar-refractivity contribution in [2.45, 2.75) is 76.0 Å². The van der Waals surface area contributed by atoms with Crippen molar-refractivity contribution < 1.29 is 0 Å². The summed E-state index contributed by atoms with van der Waals surface area (Å²) >= 11 is 0. The molecule has 1 heteroatoms. The highest BCUT2D eigenvalue weighted by Gasteiger charge is 2.50. The van der Waals surface area contributed by atoms with Crippen LogP contribution in [0.2, 0.25) is 0 Å². The first kappa shape index (κ1) is 35.7. The predicted octanol–water partition coefficient (Wildman–Crippen LogP) is 16.1. The zero-order valence-corrected chi connectivity index (χ0v) is 35.2. The summed E-state index contributed by atoms with van der Waals surface area (Å²) < 4.78 is 0. The van der Waals surface area contributed by atoms with Crippen LogP contribution in [0.4, 0.5) is 17.1 Å². The highest BCUT2D eigenvalue weighted by Crippen LogP contribution is 2.61. The van der Waals surface area contributed by atoms with E-state index >= 15 is 0 Å². The van der Waals surface area contributed by atoms with Crippen LogP contribution in [-0.4, -0.2) is 0 Å². The van der Waals surface area contributed by atoms with Gasteiger partial charge in [-0.15, -0.1) is 0 Å². The first-order valence-electron chi connectivity index (χ1n) is 22.2. The normalized spacial score (nSPS) is 19.8. The van der Waals surface area contributed by atoms with Gasteiger partial charge in [0.15, 0.2) is 0 Å². The highest BCUT2D eigenvalue weighted by molar-refractivity contribution is 6.09. The summed E-state index contributed by atoms with van der Waals surface area (Å²) in [5.41, 5.74) is 21.5. The Labute approximate surface area is 355 Å². The van der Waals surface area contributed by atoms with Crippen LogP contribution >= 0.6 is 0 Å². The fourth-order valence-corrected chi connectivity index (χ4v) is 12.7. The number of benzene rings is 8. The Kier molecular flexibility index (Phi) is 7.69. The summed E-state index contributed by atoms with van der Waals surface area (Å²) in [7, 11) is 0. The van der Waals surface area contributed by atoms with Crippen LogP contribution in [0, 0.1) is 5.92 Å². The van der Waals surface area contributed by atoms with Crippen molar-refractivity contribution in [2.75, 3.05) is 4.90 Å². The van der Waals surface area contributed by atoms with E-state index in [0.717, 1.165) is 5.92 Å². The van der Waals surface area contributed by atoms with E-state index in [-0.39, 0.29) is 10.8 Å². The van der Waals surface area contributed by atoms with Crippen LogP contribution in [0.15, 0.2) is 170 Å². The first-order chi connectivity index (χ1) is 29.2. The average molecular weight is 774 g/mol. The molecule has 4 aliphatic carbocycles. The predicted molar refractivity (Wildman–Crippen MR) is 253 cm³/mol. The SMILES string of the molecule is CC1(C)c2ccccc2-c2c(N(c3ccc4c(c3)-c3cccc(C56CCC(CC5)C6)c3C4(C)C)c3ccccc3-c3cccc4cccc(-c5ccccc5)c34)cccc21. The van der Waals surface area contributed by atoms with Crippen molar-refractivity contribution >= 4 is 27.8 Å². The second kappa shape index (κ2) is 12.9. The van der Waals surface area contributed by atoms with Crippen LogP contribution in [0.25, 0.3) is 55.3 Å². The molecule has 60 heavy (non-hydrogen) atoms. The minimum Gasteiger partial charge on any atom is -0.309 e. The van der Waals surface area contributed by atoms with E-state index in [2.05, 4.69) is 202 Å². The van der Waals surface area contributed by atoms with Gasteiger partial charge in [0, 0.05) is 27.6 Å². The molecule has 2 fully saturated rings. The number of fused-ring (bicyclic) bond motifs is 9. The minimum atomic E-state index is -0.121. The number of hydrogen-bond acceptors (Lipinski definition) is 1. The molecule has 8 aromatic rings. The summed E-state index contributed by atoms with van der Waals surface area (Å²) in [6, 6.07) is 64.4. The van der Waals surface area contributed by atoms with E-state index in [1.165, 1.54) is 121 Å². The van der Waals surface area contributed by atoms with Gasteiger partial charge in [-0.2, -0.15) is 0 Å². The van der Waals surface area contributed by atoms with E-state index in [9.17, 15) is 0 Å². The number of hydrogen-bond donors (Lipinski definition) is 0. The second-order valence-electron chi connectivity index (χ2n) is 19.3. The van der Waals surface area contributed by atoms with E-state index < -0.39 is 0 Å². The molecule has 0 saturated heterocycles. The molecule has 0 unspecified atom stereocenters. The molecule has 0 aliphatic heterocycles. The van der Waals surface area contributed by atoms with Crippen molar-refractivity contribution in [2.24, 2.45) is 5.92 Å². The lowest BCUT2D eigenvalue weighted by Crippen LogP contribution is -2.26. The number of para-hydroxylation sites is 1. The number of anilines is 3. The van der Waals surface area contributed by atoms with Gasteiger partial charge in [-0.25, -0.2) is 0 Å². The molecule has 0 heterocycles. The Morgan fingerprint density at radius 1 is 0.450 bits per heavy atom. The van der Waals surface area contributed by atoms with Crippen molar-refractivity contribution in [1.82, 2.24) is 0 Å². The van der Waals surface area contributed by atoms with Crippen LogP contribution in [0.1, 0.15) is 87.6 Å². The zero-order valence-electron chi connectivity index (χ0n) is 35.2. The second-order valence-corrected chi connectivity index (χ2v) is 19.3. The van der Waals surface area contributed by atoms with Crippen LogP contribution < -0.4 is 4.90 Å². The van der Waals surface area contributed by atoms with Gasteiger partial charge >= 0.3 is 0 Å². The Balaban J connectivity index is 1.12. The molecule has 2 saturated carbocycles. The number of rotatable bonds is 6. The molecule has 0 N–H and O–H groups in total. The zero-order chi connectivity index (χ0) is 40.4. The smallest absolute Gasteiger partial charge is 0.0543 e. The molecule has 0 aromatic heterocycles. The van der Waals surface area contributed by atoms with Crippen LogP contribution in [0.5, 0.6) is 0 Å². The molecule has 0 atom stereocenters. The van der Waals surface area contributed by atoms with Gasteiger partial charge in [0.1, 0.15) is 0 Å². The largest absolute Gasteiger partial charge is 0.309 e. The molecule has 4 aliphatic rings. The molecule has 12 rings (SSSR count). The van der Waals surface area contributed by atoms with E-state index in [1.54, 1.807) is 11.1 Å². The maximum absolute atomic E-state index is 2.60. The van der Waals surface area contributed by atoms with Crippen molar-refractivity contribution in [3.63, 3.8) is 0 Å². The molecule has 8 aromatic carbocycles. The van der Waals surface area contributed by atoms with E-state index in [1.807, 2.05) is 0 Å². The number of nitrogens with zero attached hydrogens (tertiary/aromatic N) is 1. The summed E-state index contributed by atoms with van der Waals surface area (Å²) in [5.74, 6) is 0.904. The molecular weight excluding hydrogens is 723 g/mol. The Bertz CT molecular complexity index is 3020. The van der Waals surface area contributed by atoms with Crippen molar-refractivity contribution in [1.29, 1.82) is 0 Å². The molecule has 0 spiro atoms. The monoisotopic (exact) mass is 773 g/mol. The van der Waals surface area contributed by atoms with Crippen molar-refractivity contribution in [3.8, 4) is 44.5 Å². The van der Waals surface area contributed by atoms with E-state index in [4.69, 9.17) is 0 Å². The molecular formula is C59H51N. The lowest BCUT2D eigenvalue weighted by atomic mass is 9.70. The standard InChI is InChI=1S/C59H51N/c1-57(2)48-25-10-8-21-46(48)55-50(57)26-15-29-53(55)60(52-28-11-9-20-43(52)44-23-13-19-40-18-12-22-42(54(40)44)39-16-6-5-7-17-39)41-30-31-49-47(36-41)45-24-14-27-51(56(45)58(49,3)4)59-34-32-38(37-59)33-35-59/h5-31,36,38H,32-35,37H2,1-4H3. The van der Waals surface area contributed by atoms with Gasteiger partial charge in [-0.1, -0.05) is 173 Å². The molecule has 1 nitrogen and oxygen atoms in total. The summed E-state index contributed by atoms with van der Waals surface area (Å²) in [6.45, 7) is 9.76. The summed E-state index contributed by atoms with van der Waals surface area (Å²) in [4.78, 5) is 2.60. The maximum Gasteiger partial charge on any atom is 0.0543 e. The van der Waals surface area contributed by atoms with Gasteiger partial charge in [0.25, 0.3) is 0 Å². The maximum atomic E-state index is 2.60. The fourth-order valence-electron chi connectivity index (χ4n) is 12.7. The van der Waals surface area contributed by atoms with Gasteiger partial charge < -0.3 is 4.90 Å². The lowest BCUT2D eigenvalue weighted by molar-refractivity contribution is 0.412. The van der Waals surface area contributed by atoms with Crippen LogP contribution in [0.3, 0.4) is 0 Å². The summed E-state index contributed by atoms with van der Waals surface area (Å²) in [5, 5.41) is 2.52. The molecule has 2 bridgehead atoms. The molecule has 0 amide bonds. The third kappa shape index (κ3) is 4.99. The lowest BCUT2D eigenvalue weighted by Gasteiger charge is -2.34. The third-order valence-electron chi connectivity index (χ3n) is 15.5. The van der Waals surface area contributed by atoms with Gasteiger partial charge in [0.05, 0.1) is 11.4 Å². The van der Waals surface area contributed by atoms with Gasteiger partial charge in [-0.05, 0) is 140 Å². The Hall–Kier alpha value is -6.18. The van der Waals surface area contributed by atoms with Crippen molar-refractivity contribution in [3.05, 3.63) is 198 Å².